The lowest BCUT2D eigenvalue weighted by molar-refractivity contribution is 0.296. The van der Waals surface area contributed by atoms with Crippen LogP contribution in [0.25, 0.3) is 22.0 Å². The van der Waals surface area contributed by atoms with Gasteiger partial charge < -0.3 is 9.30 Å². The maximum atomic E-state index is 5.78. The van der Waals surface area contributed by atoms with Gasteiger partial charge in [0.15, 0.2) is 6.61 Å². The van der Waals surface area contributed by atoms with Crippen LogP contribution in [0.3, 0.4) is 0 Å². The van der Waals surface area contributed by atoms with Crippen LogP contribution in [0.15, 0.2) is 103 Å². The van der Waals surface area contributed by atoms with Gasteiger partial charge in [0, 0.05) is 23.1 Å². The van der Waals surface area contributed by atoms with E-state index in [2.05, 4.69) is 123 Å². The first kappa shape index (κ1) is 22.7. The van der Waals surface area contributed by atoms with Crippen LogP contribution in [0.5, 0.6) is 5.75 Å². The van der Waals surface area contributed by atoms with Gasteiger partial charge in [-0.15, -0.1) is 10.2 Å². The normalized spacial score (nSPS) is 11.2. The third-order valence-corrected chi connectivity index (χ3v) is 6.81. The predicted octanol–water partition coefficient (Wildman–Crippen LogP) is 6.35. The highest BCUT2D eigenvalue weighted by Crippen LogP contribution is 2.33. The Morgan fingerprint density at radius 3 is 2.19 bits per heavy atom. The first-order valence-corrected chi connectivity index (χ1v) is 12.4. The highest BCUT2D eigenvalue weighted by atomic mass is 16.5. The Hall–Kier alpha value is -4.71. The number of nitrogens with one attached hydrogen (secondary N) is 1. The summed E-state index contributed by atoms with van der Waals surface area (Å²) in [5.41, 5.74) is 8.89. The number of H-pyrrole nitrogens is 1. The van der Waals surface area contributed by atoms with Gasteiger partial charge in [0.25, 0.3) is 0 Å². The Bertz CT molecular complexity index is 1610. The van der Waals surface area contributed by atoms with E-state index in [-0.39, 0.29) is 6.61 Å². The van der Waals surface area contributed by atoms with Crippen molar-refractivity contribution in [1.82, 2.24) is 25.2 Å². The van der Waals surface area contributed by atoms with Crippen molar-refractivity contribution in [2.24, 2.45) is 0 Å². The monoisotopic (exact) mass is 485 g/mol. The predicted molar refractivity (Wildman–Crippen MR) is 145 cm³/mol. The molecule has 0 radical (unpaired) electrons. The summed E-state index contributed by atoms with van der Waals surface area (Å²) in [4.78, 5) is 0. The molecule has 0 saturated carbocycles. The summed E-state index contributed by atoms with van der Waals surface area (Å²) in [6.45, 7) is 3.37. The molecule has 0 unspecified atom stereocenters. The number of fused-ring (bicyclic) bond motifs is 1. The molecule has 6 rings (SSSR count). The molecule has 6 aromatic rings. The van der Waals surface area contributed by atoms with Crippen molar-refractivity contribution >= 4 is 10.9 Å². The van der Waals surface area contributed by atoms with Crippen LogP contribution in [0.4, 0.5) is 0 Å². The molecule has 0 aliphatic rings. The number of hydrogen-bond donors (Lipinski definition) is 1. The molecule has 0 aliphatic heterocycles. The third kappa shape index (κ3) is 4.86. The van der Waals surface area contributed by atoms with E-state index >= 15 is 0 Å². The summed E-state index contributed by atoms with van der Waals surface area (Å²) >= 11 is 0. The molecule has 37 heavy (non-hydrogen) atoms. The van der Waals surface area contributed by atoms with Crippen LogP contribution in [0.1, 0.15) is 28.2 Å². The van der Waals surface area contributed by atoms with E-state index in [0.29, 0.717) is 5.82 Å². The Labute approximate surface area is 215 Å². The second-order valence-electron chi connectivity index (χ2n) is 9.17. The SMILES string of the molecule is Cc1c(Cc2ccccc2)c2cc(-c3ccc(OCc4nn[nH]n4)cc3)ccc2n1Cc1ccccc1. The van der Waals surface area contributed by atoms with Gasteiger partial charge in [-0.1, -0.05) is 84.1 Å². The number of aromatic nitrogens is 5. The molecule has 0 amide bonds. The summed E-state index contributed by atoms with van der Waals surface area (Å²) in [5, 5.41) is 15.1. The van der Waals surface area contributed by atoms with Crippen molar-refractivity contribution in [2.75, 3.05) is 0 Å². The average molecular weight is 486 g/mol. The molecule has 2 heterocycles. The van der Waals surface area contributed by atoms with Crippen molar-refractivity contribution in [1.29, 1.82) is 0 Å². The number of benzene rings is 4. The van der Waals surface area contributed by atoms with E-state index in [1.807, 2.05) is 12.1 Å². The zero-order valence-electron chi connectivity index (χ0n) is 20.6. The zero-order valence-corrected chi connectivity index (χ0v) is 20.6. The maximum absolute atomic E-state index is 5.78. The molecule has 0 aliphatic carbocycles. The summed E-state index contributed by atoms with van der Waals surface area (Å²) in [6, 6.07) is 36.3. The number of tetrazole rings is 1. The lowest BCUT2D eigenvalue weighted by atomic mass is 9.98. The van der Waals surface area contributed by atoms with Crippen molar-refractivity contribution in [3.8, 4) is 16.9 Å². The van der Waals surface area contributed by atoms with Gasteiger partial charge >= 0.3 is 0 Å². The van der Waals surface area contributed by atoms with Gasteiger partial charge in [0.2, 0.25) is 5.82 Å². The molecule has 1 N–H and O–H groups in total. The smallest absolute Gasteiger partial charge is 0.211 e. The Morgan fingerprint density at radius 1 is 0.784 bits per heavy atom. The van der Waals surface area contributed by atoms with Crippen molar-refractivity contribution in [3.63, 3.8) is 0 Å². The van der Waals surface area contributed by atoms with Crippen molar-refractivity contribution in [2.45, 2.75) is 26.5 Å². The number of nitrogens with zero attached hydrogens (tertiary/aromatic N) is 4. The second kappa shape index (κ2) is 10.1. The van der Waals surface area contributed by atoms with Gasteiger partial charge in [-0.25, -0.2) is 0 Å². The topological polar surface area (TPSA) is 68.6 Å². The second-order valence-corrected chi connectivity index (χ2v) is 9.17. The molecule has 0 fully saturated rings. The molecular weight excluding hydrogens is 458 g/mol. The molecule has 2 aromatic heterocycles. The van der Waals surface area contributed by atoms with Crippen LogP contribution < -0.4 is 4.74 Å². The summed E-state index contributed by atoms with van der Waals surface area (Å²) in [6.07, 6.45) is 0.900. The minimum absolute atomic E-state index is 0.277. The van der Waals surface area contributed by atoms with Gasteiger partial charge in [0.1, 0.15) is 5.75 Å². The lowest BCUT2D eigenvalue weighted by Gasteiger charge is -2.10. The van der Waals surface area contributed by atoms with E-state index in [0.717, 1.165) is 24.3 Å². The van der Waals surface area contributed by atoms with Crippen LogP contribution in [0, 0.1) is 6.92 Å². The fourth-order valence-electron chi connectivity index (χ4n) is 4.86. The number of rotatable bonds is 8. The summed E-state index contributed by atoms with van der Waals surface area (Å²) < 4.78 is 8.23. The molecule has 0 atom stereocenters. The Morgan fingerprint density at radius 2 is 1.49 bits per heavy atom. The zero-order chi connectivity index (χ0) is 25.0. The molecule has 0 spiro atoms. The summed E-state index contributed by atoms with van der Waals surface area (Å²) in [7, 11) is 0. The van der Waals surface area contributed by atoms with E-state index in [1.165, 1.54) is 38.9 Å². The Kier molecular flexibility index (Phi) is 6.21. The minimum atomic E-state index is 0.277. The first-order chi connectivity index (χ1) is 18.2. The number of aromatic amines is 1. The van der Waals surface area contributed by atoms with Gasteiger partial charge in [-0.05, 0) is 65.4 Å². The fraction of sp³-hybridized carbons (Fsp3) is 0.129. The average Bonchev–Trinajstić information content (AvgIpc) is 3.56. The van der Waals surface area contributed by atoms with Gasteiger partial charge in [-0.2, -0.15) is 5.21 Å². The summed E-state index contributed by atoms with van der Waals surface area (Å²) in [5.74, 6) is 1.29. The molecule has 0 bridgehead atoms. The van der Waals surface area contributed by atoms with Crippen LogP contribution >= 0.6 is 0 Å². The number of hydrogen-bond acceptors (Lipinski definition) is 4. The van der Waals surface area contributed by atoms with Gasteiger partial charge in [0.05, 0.1) is 0 Å². The molecule has 6 nitrogen and oxygen atoms in total. The highest BCUT2D eigenvalue weighted by molar-refractivity contribution is 5.90. The maximum Gasteiger partial charge on any atom is 0.211 e. The standard InChI is InChI=1S/C31H27N5O/c1-22-28(18-23-8-4-2-5-9-23)29-19-26(14-17-30(29)36(22)20-24-10-6-3-7-11-24)25-12-15-27(16-13-25)37-21-31-32-34-35-33-31/h2-17,19H,18,20-21H2,1H3,(H,32,33,34,35). The highest BCUT2D eigenvalue weighted by Gasteiger charge is 2.16. The largest absolute Gasteiger partial charge is 0.485 e. The molecule has 0 saturated heterocycles. The van der Waals surface area contributed by atoms with E-state index in [4.69, 9.17) is 4.74 Å². The van der Waals surface area contributed by atoms with Crippen LogP contribution in [0.2, 0.25) is 0 Å². The van der Waals surface area contributed by atoms with E-state index in [9.17, 15) is 0 Å². The van der Waals surface area contributed by atoms with Crippen LogP contribution in [-0.4, -0.2) is 25.2 Å². The third-order valence-electron chi connectivity index (χ3n) is 6.81. The lowest BCUT2D eigenvalue weighted by Crippen LogP contribution is -2.02. The molecular formula is C31H27N5O. The first-order valence-electron chi connectivity index (χ1n) is 12.4. The van der Waals surface area contributed by atoms with Crippen molar-refractivity contribution in [3.05, 3.63) is 131 Å². The van der Waals surface area contributed by atoms with Gasteiger partial charge in [-0.3, -0.25) is 0 Å². The fourth-order valence-corrected chi connectivity index (χ4v) is 4.86. The minimum Gasteiger partial charge on any atom is -0.485 e. The molecule has 6 heteroatoms. The van der Waals surface area contributed by atoms with E-state index < -0.39 is 0 Å². The van der Waals surface area contributed by atoms with E-state index in [1.54, 1.807) is 0 Å². The molecule has 4 aromatic carbocycles. The Balaban J connectivity index is 1.35. The molecule has 182 valence electrons. The van der Waals surface area contributed by atoms with Crippen molar-refractivity contribution < 1.29 is 4.74 Å². The quantitative estimate of drug-likeness (QED) is 0.273. The van der Waals surface area contributed by atoms with Crippen LogP contribution in [-0.2, 0) is 19.6 Å². The number of ether oxygens (including phenoxy) is 1.